The van der Waals surface area contributed by atoms with E-state index in [4.69, 9.17) is 11.6 Å². The van der Waals surface area contributed by atoms with Crippen molar-refractivity contribution in [1.29, 1.82) is 0 Å². The third-order valence-corrected chi connectivity index (χ3v) is 21.1. The Labute approximate surface area is 178 Å². The van der Waals surface area contributed by atoms with E-state index < -0.39 is 18.4 Å². The quantitative estimate of drug-likeness (QED) is 0.254. The molecule has 0 saturated heterocycles. The van der Waals surface area contributed by atoms with Gasteiger partial charge in [0, 0.05) is 0 Å². The van der Waals surface area contributed by atoms with E-state index in [0.717, 1.165) is 5.02 Å². The van der Waals surface area contributed by atoms with Crippen LogP contribution in [0.1, 0.15) is 90.5 Å². The molecule has 0 spiro atoms. The van der Waals surface area contributed by atoms with Gasteiger partial charge in [-0.2, -0.15) is 0 Å². The van der Waals surface area contributed by atoms with E-state index in [2.05, 4.69) is 55.2 Å². The normalized spacial score (nSPS) is 17.0. The first-order valence-electron chi connectivity index (χ1n) is 11.6. The van der Waals surface area contributed by atoms with Crippen LogP contribution in [-0.2, 0) is 5.41 Å². The Hall–Kier alpha value is 0.0487. The molecule has 27 heavy (non-hydrogen) atoms. The van der Waals surface area contributed by atoms with Crippen LogP contribution in [0.4, 0.5) is 0 Å². The van der Waals surface area contributed by atoms with Gasteiger partial charge in [0.2, 0.25) is 0 Å². The molecular formula is C25H41ClSn. The van der Waals surface area contributed by atoms with Gasteiger partial charge in [-0.05, 0) is 0 Å². The average Bonchev–Trinajstić information content (AvgIpc) is 3.17. The topological polar surface area (TPSA) is 0 Å². The standard InChI is InChI=1S/C13H14Cl.3C4H9.Sn/c1-2-13(9-3-4-10-13)11-5-7-12(14)8-6-11;3*1-3-4-2;/h1-2,5-8H,3-4,9-10H2;3*1,3-4H2,2H3;. The predicted octanol–water partition coefficient (Wildman–Crippen LogP) is 9.10. The summed E-state index contributed by atoms with van der Waals surface area (Å²) in [5.41, 5.74) is 1.79. The molecule has 1 aromatic carbocycles. The SMILES string of the molecule is CCC[CH2][Sn]([CH]=CC1(c2ccc(Cl)cc2)CCCC1)([CH2]CCC)[CH2]CCC. The zero-order valence-corrected chi connectivity index (χ0v) is 21.6. The molecule has 1 aliphatic rings. The van der Waals surface area contributed by atoms with Gasteiger partial charge in [-0.3, -0.25) is 0 Å². The second kappa shape index (κ2) is 11.9. The third-order valence-electron chi connectivity index (χ3n) is 6.76. The van der Waals surface area contributed by atoms with Crippen LogP contribution < -0.4 is 0 Å². The van der Waals surface area contributed by atoms with Crippen LogP contribution in [0.15, 0.2) is 34.4 Å². The first-order valence-corrected chi connectivity index (χ1v) is 19.6. The molecule has 0 heterocycles. The van der Waals surface area contributed by atoms with E-state index in [1.807, 2.05) is 0 Å². The van der Waals surface area contributed by atoms with Crippen molar-refractivity contribution in [2.24, 2.45) is 0 Å². The molecule has 152 valence electrons. The first-order chi connectivity index (χ1) is 13.1. The molecule has 1 fully saturated rings. The fraction of sp³-hybridized carbons (Fsp3) is 0.680. The van der Waals surface area contributed by atoms with E-state index in [-0.39, 0.29) is 5.41 Å². The van der Waals surface area contributed by atoms with Gasteiger partial charge in [0.15, 0.2) is 0 Å². The zero-order chi connectivity index (χ0) is 19.6. The summed E-state index contributed by atoms with van der Waals surface area (Å²) in [7, 11) is 0. The molecule has 0 aliphatic heterocycles. The fourth-order valence-corrected chi connectivity index (χ4v) is 19.6. The van der Waals surface area contributed by atoms with Gasteiger partial charge in [0.05, 0.1) is 0 Å². The zero-order valence-electron chi connectivity index (χ0n) is 18.0. The van der Waals surface area contributed by atoms with Gasteiger partial charge in [-0.25, -0.2) is 0 Å². The van der Waals surface area contributed by atoms with Gasteiger partial charge >= 0.3 is 179 Å². The Kier molecular flexibility index (Phi) is 10.3. The molecule has 0 bridgehead atoms. The van der Waals surface area contributed by atoms with E-state index >= 15 is 0 Å². The molecule has 1 aromatic rings. The summed E-state index contributed by atoms with van der Waals surface area (Å²) < 4.78 is 7.60. The van der Waals surface area contributed by atoms with Gasteiger partial charge in [-0.15, -0.1) is 0 Å². The van der Waals surface area contributed by atoms with Crippen molar-refractivity contribution in [2.45, 2.75) is 104 Å². The summed E-state index contributed by atoms with van der Waals surface area (Å²) in [6.07, 6.45) is 16.5. The maximum absolute atomic E-state index is 6.18. The van der Waals surface area contributed by atoms with Crippen LogP contribution in [0.25, 0.3) is 0 Å². The molecule has 2 heteroatoms. The Balaban J connectivity index is 2.32. The van der Waals surface area contributed by atoms with Crippen molar-refractivity contribution in [1.82, 2.24) is 0 Å². The molecule has 0 aromatic heterocycles. The van der Waals surface area contributed by atoms with Crippen molar-refractivity contribution >= 4 is 30.0 Å². The molecule has 1 aliphatic carbocycles. The number of unbranched alkanes of at least 4 members (excludes halogenated alkanes) is 3. The molecule has 2 rings (SSSR count). The fourth-order valence-electron chi connectivity index (χ4n) is 4.89. The maximum atomic E-state index is 6.18. The first kappa shape index (κ1) is 23.3. The number of benzene rings is 1. The number of hydrogen-bond acceptors (Lipinski definition) is 0. The monoisotopic (exact) mass is 496 g/mol. The predicted molar refractivity (Wildman–Crippen MR) is 126 cm³/mol. The van der Waals surface area contributed by atoms with Crippen LogP contribution in [0.3, 0.4) is 0 Å². The minimum atomic E-state index is -2.21. The second-order valence-electron chi connectivity index (χ2n) is 8.88. The van der Waals surface area contributed by atoms with Gasteiger partial charge in [0.25, 0.3) is 0 Å². The number of hydrogen-bond donors (Lipinski definition) is 0. The van der Waals surface area contributed by atoms with E-state index in [1.165, 1.54) is 69.8 Å². The Morgan fingerprint density at radius 3 is 1.78 bits per heavy atom. The summed E-state index contributed by atoms with van der Waals surface area (Å²) in [6.45, 7) is 7.10. The van der Waals surface area contributed by atoms with Crippen LogP contribution in [0.5, 0.6) is 0 Å². The van der Waals surface area contributed by atoms with Crippen molar-refractivity contribution in [2.75, 3.05) is 0 Å². The second-order valence-corrected chi connectivity index (χ2v) is 22.3. The van der Waals surface area contributed by atoms with Crippen molar-refractivity contribution in [3.63, 3.8) is 0 Å². The molecule has 0 atom stereocenters. The van der Waals surface area contributed by atoms with Gasteiger partial charge in [-0.1, -0.05) is 0 Å². The van der Waals surface area contributed by atoms with Gasteiger partial charge in [0.1, 0.15) is 0 Å². The van der Waals surface area contributed by atoms with Crippen LogP contribution >= 0.6 is 11.6 Å². The Bertz CT molecular complexity index is 532. The van der Waals surface area contributed by atoms with Crippen LogP contribution in [0.2, 0.25) is 18.3 Å². The van der Waals surface area contributed by atoms with Crippen molar-refractivity contribution in [3.8, 4) is 0 Å². The molecule has 1 saturated carbocycles. The number of halogens is 1. The molecular weight excluding hydrogens is 454 g/mol. The average molecular weight is 496 g/mol. The third kappa shape index (κ3) is 6.81. The number of rotatable bonds is 12. The molecule has 0 nitrogen and oxygen atoms in total. The summed E-state index contributed by atoms with van der Waals surface area (Å²) >= 11 is 3.97. The number of allylic oxidation sites excluding steroid dienone is 1. The van der Waals surface area contributed by atoms with Crippen LogP contribution in [-0.4, -0.2) is 18.4 Å². The molecule has 0 amide bonds. The van der Waals surface area contributed by atoms with Crippen molar-refractivity contribution in [3.05, 3.63) is 45.0 Å². The molecule has 0 radical (unpaired) electrons. The van der Waals surface area contributed by atoms with E-state index in [1.54, 1.807) is 13.3 Å². The molecule has 0 unspecified atom stereocenters. The summed E-state index contributed by atoms with van der Waals surface area (Å²) in [5, 5.41) is 0.859. The van der Waals surface area contributed by atoms with E-state index in [0.29, 0.717) is 0 Å². The summed E-state index contributed by atoms with van der Waals surface area (Å²) in [4.78, 5) is 0. The molecule has 0 N–H and O–H groups in total. The Morgan fingerprint density at radius 1 is 0.852 bits per heavy atom. The summed E-state index contributed by atoms with van der Waals surface area (Å²) in [6, 6.07) is 8.76. The van der Waals surface area contributed by atoms with Crippen LogP contribution in [0, 0.1) is 0 Å². The van der Waals surface area contributed by atoms with E-state index in [9.17, 15) is 0 Å². The van der Waals surface area contributed by atoms with Crippen molar-refractivity contribution < 1.29 is 0 Å². The minimum absolute atomic E-state index is 0.289. The summed E-state index contributed by atoms with van der Waals surface area (Å²) in [5.74, 6) is 0. The van der Waals surface area contributed by atoms with Gasteiger partial charge < -0.3 is 0 Å². The Morgan fingerprint density at radius 2 is 1.33 bits per heavy atom.